The zero-order valence-corrected chi connectivity index (χ0v) is 16.0. The van der Waals surface area contributed by atoms with E-state index in [-0.39, 0.29) is 13.3 Å². The highest BCUT2D eigenvalue weighted by Gasteiger charge is 2.27. The molecule has 0 aliphatic carbocycles. The molecule has 2 aromatic rings. The first-order valence-corrected chi connectivity index (χ1v) is 9.58. The van der Waals surface area contributed by atoms with E-state index in [0.717, 1.165) is 27.8 Å². The fourth-order valence-corrected chi connectivity index (χ4v) is 4.83. The second-order valence-electron chi connectivity index (χ2n) is 6.54. The Balaban J connectivity index is 1.95. The first-order valence-electron chi connectivity index (χ1n) is 8.14. The number of fused-ring (bicyclic) bond motifs is 1. The van der Waals surface area contributed by atoms with Gasteiger partial charge in [0.05, 0.1) is 4.90 Å². The predicted molar refractivity (Wildman–Crippen MR) is 96.6 cm³/mol. The Kier molecular flexibility index (Phi) is 4.51. The lowest BCUT2D eigenvalue weighted by atomic mass is 10.0. The minimum atomic E-state index is -3.60. The largest absolute Gasteiger partial charge is 0.454 e. The van der Waals surface area contributed by atoms with Crippen LogP contribution in [0.25, 0.3) is 0 Å². The average Bonchev–Trinajstić information content (AvgIpc) is 3.00. The van der Waals surface area contributed by atoms with Crippen LogP contribution >= 0.6 is 0 Å². The van der Waals surface area contributed by atoms with Crippen LogP contribution in [0.3, 0.4) is 0 Å². The average molecular weight is 361 g/mol. The van der Waals surface area contributed by atoms with E-state index in [1.54, 1.807) is 7.05 Å². The molecule has 0 spiro atoms. The van der Waals surface area contributed by atoms with E-state index in [2.05, 4.69) is 0 Å². The summed E-state index contributed by atoms with van der Waals surface area (Å²) in [7, 11) is -1.99. The highest BCUT2D eigenvalue weighted by atomic mass is 32.2. The van der Waals surface area contributed by atoms with Crippen molar-refractivity contribution >= 4 is 10.0 Å². The molecule has 0 bridgehead atoms. The van der Waals surface area contributed by atoms with Gasteiger partial charge in [-0.05, 0) is 67.6 Å². The van der Waals surface area contributed by atoms with Gasteiger partial charge in [-0.2, -0.15) is 4.31 Å². The molecule has 2 aromatic carbocycles. The minimum Gasteiger partial charge on any atom is -0.454 e. The van der Waals surface area contributed by atoms with Gasteiger partial charge in [0.2, 0.25) is 16.8 Å². The van der Waals surface area contributed by atoms with Crippen molar-refractivity contribution in [2.45, 2.75) is 39.1 Å². The van der Waals surface area contributed by atoms with Crippen LogP contribution in [0.15, 0.2) is 29.2 Å². The molecule has 1 aliphatic heterocycles. The second-order valence-corrected chi connectivity index (χ2v) is 8.52. The van der Waals surface area contributed by atoms with E-state index < -0.39 is 10.0 Å². The van der Waals surface area contributed by atoms with Crippen molar-refractivity contribution in [1.29, 1.82) is 0 Å². The summed E-state index contributed by atoms with van der Waals surface area (Å²) in [6, 6.07) is 7.53. The quantitative estimate of drug-likeness (QED) is 0.837. The third kappa shape index (κ3) is 3.12. The van der Waals surface area contributed by atoms with Gasteiger partial charge < -0.3 is 9.47 Å². The topological polar surface area (TPSA) is 55.8 Å². The molecule has 1 heterocycles. The molecule has 0 radical (unpaired) electrons. The fraction of sp³-hybridized carbons (Fsp3) is 0.368. The Morgan fingerprint density at radius 2 is 1.56 bits per heavy atom. The van der Waals surface area contributed by atoms with Gasteiger partial charge in [0, 0.05) is 13.6 Å². The third-order valence-corrected chi connectivity index (χ3v) is 6.89. The van der Waals surface area contributed by atoms with Crippen LogP contribution in [-0.2, 0) is 16.6 Å². The molecule has 5 nitrogen and oxygen atoms in total. The molecule has 0 saturated heterocycles. The summed E-state index contributed by atoms with van der Waals surface area (Å²) < 4.78 is 38.4. The smallest absolute Gasteiger partial charge is 0.243 e. The maximum atomic E-state index is 13.2. The Labute approximate surface area is 149 Å². The molecule has 1 aliphatic rings. The SMILES string of the molecule is Cc1cc(C)c(C)c(S(=O)(=O)N(C)Cc2ccc3c(c2)OCO3)c1C. The zero-order valence-electron chi connectivity index (χ0n) is 15.2. The first kappa shape index (κ1) is 17.8. The van der Waals surface area contributed by atoms with Crippen LogP contribution in [0.4, 0.5) is 0 Å². The number of rotatable bonds is 4. The zero-order chi connectivity index (χ0) is 18.4. The van der Waals surface area contributed by atoms with Gasteiger partial charge in [0.15, 0.2) is 11.5 Å². The molecule has 0 unspecified atom stereocenters. The molecule has 0 N–H and O–H groups in total. The number of hydrogen-bond donors (Lipinski definition) is 0. The van der Waals surface area contributed by atoms with E-state index >= 15 is 0 Å². The van der Waals surface area contributed by atoms with Crippen LogP contribution in [0.2, 0.25) is 0 Å². The lowest BCUT2D eigenvalue weighted by molar-refractivity contribution is 0.174. The Hall–Kier alpha value is -2.05. The van der Waals surface area contributed by atoms with Crippen molar-refractivity contribution < 1.29 is 17.9 Å². The van der Waals surface area contributed by atoms with E-state index in [1.807, 2.05) is 52.0 Å². The normalized spacial score (nSPS) is 13.5. The molecule has 0 saturated carbocycles. The summed E-state index contributed by atoms with van der Waals surface area (Å²) in [5.41, 5.74) is 4.44. The Morgan fingerprint density at radius 1 is 0.960 bits per heavy atom. The summed E-state index contributed by atoms with van der Waals surface area (Å²) in [6.07, 6.45) is 0. The highest BCUT2D eigenvalue weighted by molar-refractivity contribution is 7.89. The van der Waals surface area contributed by atoms with Crippen molar-refractivity contribution in [1.82, 2.24) is 4.31 Å². The van der Waals surface area contributed by atoms with E-state index in [4.69, 9.17) is 9.47 Å². The molecule has 0 amide bonds. The van der Waals surface area contributed by atoms with Crippen LogP contribution in [0.1, 0.15) is 27.8 Å². The predicted octanol–water partition coefficient (Wildman–Crippen LogP) is 3.47. The number of ether oxygens (including phenoxy) is 2. The maximum absolute atomic E-state index is 13.2. The van der Waals surface area contributed by atoms with Crippen molar-refractivity contribution in [3.05, 3.63) is 52.1 Å². The third-order valence-electron chi connectivity index (χ3n) is 4.81. The van der Waals surface area contributed by atoms with Gasteiger partial charge >= 0.3 is 0 Å². The number of benzene rings is 2. The van der Waals surface area contributed by atoms with Gasteiger partial charge in [-0.15, -0.1) is 0 Å². The molecule has 3 rings (SSSR count). The van der Waals surface area contributed by atoms with Crippen molar-refractivity contribution in [3.8, 4) is 11.5 Å². The summed E-state index contributed by atoms with van der Waals surface area (Å²) in [6.45, 7) is 8.09. The molecule has 25 heavy (non-hydrogen) atoms. The van der Waals surface area contributed by atoms with Gasteiger partial charge in [-0.25, -0.2) is 8.42 Å². The van der Waals surface area contributed by atoms with E-state index in [0.29, 0.717) is 16.4 Å². The number of hydrogen-bond acceptors (Lipinski definition) is 4. The molecular formula is C19H23NO4S. The van der Waals surface area contributed by atoms with Gasteiger partial charge in [-0.3, -0.25) is 0 Å². The van der Waals surface area contributed by atoms with Gasteiger partial charge in [-0.1, -0.05) is 12.1 Å². The minimum absolute atomic E-state index is 0.202. The summed E-state index contributed by atoms with van der Waals surface area (Å²) in [5.74, 6) is 1.34. The summed E-state index contributed by atoms with van der Waals surface area (Å²) in [5, 5.41) is 0. The number of sulfonamides is 1. The van der Waals surface area contributed by atoms with Crippen LogP contribution in [0.5, 0.6) is 11.5 Å². The fourth-order valence-electron chi connectivity index (χ4n) is 3.10. The molecular weight excluding hydrogens is 338 g/mol. The maximum Gasteiger partial charge on any atom is 0.243 e. The lowest BCUT2D eigenvalue weighted by Crippen LogP contribution is -2.28. The standard InChI is InChI=1S/C19H23NO4S/c1-12-8-13(2)15(4)19(14(12)3)25(21,22)20(5)10-16-6-7-17-18(9-16)24-11-23-17/h6-9H,10-11H2,1-5H3. The Morgan fingerprint density at radius 3 is 2.20 bits per heavy atom. The lowest BCUT2D eigenvalue weighted by Gasteiger charge is -2.22. The monoisotopic (exact) mass is 361 g/mol. The Bertz CT molecular complexity index is 909. The summed E-state index contributed by atoms with van der Waals surface area (Å²) >= 11 is 0. The molecule has 6 heteroatoms. The van der Waals surface area contributed by atoms with Crippen molar-refractivity contribution in [3.63, 3.8) is 0 Å². The van der Waals surface area contributed by atoms with Crippen molar-refractivity contribution in [2.24, 2.45) is 0 Å². The van der Waals surface area contributed by atoms with Gasteiger partial charge in [0.25, 0.3) is 0 Å². The van der Waals surface area contributed by atoms with E-state index in [9.17, 15) is 8.42 Å². The van der Waals surface area contributed by atoms with Crippen LogP contribution in [0, 0.1) is 27.7 Å². The first-order chi connectivity index (χ1) is 11.7. The van der Waals surface area contributed by atoms with E-state index in [1.165, 1.54) is 4.31 Å². The molecule has 0 fully saturated rings. The summed E-state index contributed by atoms with van der Waals surface area (Å²) in [4.78, 5) is 0.410. The molecule has 134 valence electrons. The molecule has 0 atom stereocenters. The van der Waals surface area contributed by atoms with Crippen LogP contribution < -0.4 is 9.47 Å². The van der Waals surface area contributed by atoms with Gasteiger partial charge in [0.1, 0.15) is 0 Å². The van der Waals surface area contributed by atoms with Crippen LogP contribution in [-0.4, -0.2) is 26.6 Å². The van der Waals surface area contributed by atoms with Crippen molar-refractivity contribution in [2.75, 3.05) is 13.8 Å². The highest BCUT2D eigenvalue weighted by Crippen LogP contribution is 2.34. The number of aryl methyl sites for hydroxylation is 2. The second kappa shape index (κ2) is 6.35. The molecule has 0 aromatic heterocycles. The number of nitrogens with zero attached hydrogens (tertiary/aromatic N) is 1.